The van der Waals surface area contributed by atoms with E-state index >= 15 is 0 Å². The maximum Gasteiger partial charge on any atom is 0.253 e. The summed E-state index contributed by atoms with van der Waals surface area (Å²) in [5.41, 5.74) is 1.59. The van der Waals surface area contributed by atoms with Gasteiger partial charge in [-0.1, -0.05) is 17.7 Å². The summed E-state index contributed by atoms with van der Waals surface area (Å²) >= 11 is 9.23. The topological polar surface area (TPSA) is 33.2 Å². The lowest BCUT2D eigenvalue weighted by molar-refractivity contribution is 0.0785. The van der Waals surface area contributed by atoms with Crippen LogP contribution in [0.3, 0.4) is 0 Å². The summed E-state index contributed by atoms with van der Waals surface area (Å²) < 4.78 is 0.717. The molecule has 0 saturated heterocycles. The van der Waals surface area contributed by atoms with E-state index in [1.807, 2.05) is 12.1 Å². The Morgan fingerprint density at radius 1 is 1.42 bits per heavy atom. The number of amides is 1. The van der Waals surface area contributed by atoms with Gasteiger partial charge in [0.05, 0.1) is 5.02 Å². The molecule has 2 aromatic rings. The van der Waals surface area contributed by atoms with Crippen LogP contribution in [0.5, 0.6) is 0 Å². The third-order valence-corrected chi connectivity index (χ3v) is 3.87. The van der Waals surface area contributed by atoms with Crippen molar-refractivity contribution in [1.82, 2.24) is 9.88 Å². The Balaban J connectivity index is 2.12. The molecule has 0 spiro atoms. The van der Waals surface area contributed by atoms with E-state index in [1.54, 1.807) is 42.5 Å². The highest BCUT2D eigenvalue weighted by molar-refractivity contribution is 9.10. The SMILES string of the molecule is CN(Cc1cccnc1)C(=O)c1ccc(Cl)c(Br)c1. The molecule has 0 radical (unpaired) electrons. The fourth-order valence-corrected chi connectivity index (χ4v) is 2.18. The molecule has 0 bridgehead atoms. The number of halogens is 2. The lowest BCUT2D eigenvalue weighted by Crippen LogP contribution is -2.26. The number of hydrogen-bond donors (Lipinski definition) is 0. The van der Waals surface area contributed by atoms with Gasteiger partial charge in [0.1, 0.15) is 0 Å². The van der Waals surface area contributed by atoms with Gasteiger partial charge in [-0.05, 0) is 45.8 Å². The number of nitrogens with zero attached hydrogens (tertiary/aromatic N) is 2. The molecule has 3 nitrogen and oxygen atoms in total. The molecule has 2 rings (SSSR count). The quantitative estimate of drug-likeness (QED) is 0.853. The predicted molar refractivity (Wildman–Crippen MR) is 79.2 cm³/mol. The molecule has 98 valence electrons. The summed E-state index contributed by atoms with van der Waals surface area (Å²) in [5.74, 6) is -0.0544. The van der Waals surface area contributed by atoms with Crippen LogP contribution >= 0.6 is 27.5 Å². The smallest absolute Gasteiger partial charge is 0.253 e. The van der Waals surface area contributed by atoms with E-state index < -0.39 is 0 Å². The number of aromatic nitrogens is 1. The van der Waals surface area contributed by atoms with E-state index in [2.05, 4.69) is 20.9 Å². The van der Waals surface area contributed by atoms with Crippen LogP contribution in [0, 0.1) is 0 Å². The molecule has 0 aliphatic rings. The molecule has 0 N–H and O–H groups in total. The molecule has 5 heteroatoms. The largest absolute Gasteiger partial charge is 0.337 e. The lowest BCUT2D eigenvalue weighted by Gasteiger charge is -2.17. The van der Waals surface area contributed by atoms with Crippen molar-refractivity contribution in [2.24, 2.45) is 0 Å². The molecule has 1 aromatic heterocycles. The van der Waals surface area contributed by atoms with Gasteiger partial charge in [-0.3, -0.25) is 9.78 Å². The summed E-state index contributed by atoms with van der Waals surface area (Å²) in [7, 11) is 1.76. The van der Waals surface area contributed by atoms with Crippen LogP contribution in [0.1, 0.15) is 15.9 Å². The van der Waals surface area contributed by atoms with Gasteiger partial charge in [0.25, 0.3) is 5.91 Å². The molecule has 19 heavy (non-hydrogen) atoms. The third kappa shape index (κ3) is 3.55. The normalized spacial score (nSPS) is 10.3. The van der Waals surface area contributed by atoms with E-state index in [9.17, 15) is 4.79 Å². The molecular formula is C14H12BrClN2O. The van der Waals surface area contributed by atoms with Crippen molar-refractivity contribution in [3.8, 4) is 0 Å². The molecule has 1 heterocycles. The Hall–Kier alpha value is -1.39. The van der Waals surface area contributed by atoms with Crippen LogP contribution in [0.15, 0.2) is 47.2 Å². The number of carbonyl (C=O) groups is 1. The Morgan fingerprint density at radius 3 is 2.84 bits per heavy atom. The Morgan fingerprint density at radius 2 is 2.21 bits per heavy atom. The average molecular weight is 340 g/mol. The van der Waals surface area contributed by atoms with Crippen LogP contribution in [0.25, 0.3) is 0 Å². The molecule has 0 fully saturated rings. The molecule has 0 unspecified atom stereocenters. The van der Waals surface area contributed by atoms with Crippen molar-refractivity contribution >= 4 is 33.4 Å². The first kappa shape index (κ1) is 14.0. The van der Waals surface area contributed by atoms with E-state index in [4.69, 9.17) is 11.6 Å². The predicted octanol–water partition coefficient (Wildman–Crippen LogP) is 3.77. The maximum atomic E-state index is 12.3. The van der Waals surface area contributed by atoms with E-state index in [1.165, 1.54) is 0 Å². The third-order valence-electron chi connectivity index (χ3n) is 2.66. The van der Waals surface area contributed by atoms with Crippen LogP contribution < -0.4 is 0 Å². The zero-order chi connectivity index (χ0) is 13.8. The fraction of sp³-hybridized carbons (Fsp3) is 0.143. The first-order valence-corrected chi connectivity index (χ1v) is 6.84. The second-order valence-electron chi connectivity index (χ2n) is 4.15. The van der Waals surface area contributed by atoms with Gasteiger partial charge in [0.2, 0.25) is 0 Å². The number of benzene rings is 1. The minimum atomic E-state index is -0.0544. The molecule has 1 aromatic carbocycles. The van der Waals surface area contributed by atoms with E-state index in [0.29, 0.717) is 17.1 Å². The van der Waals surface area contributed by atoms with Gasteiger partial charge in [-0.25, -0.2) is 0 Å². The highest BCUT2D eigenvalue weighted by Crippen LogP contribution is 2.23. The zero-order valence-corrected chi connectivity index (χ0v) is 12.6. The number of rotatable bonds is 3. The average Bonchev–Trinajstić information content (AvgIpc) is 2.42. The van der Waals surface area contributed by atoms with Crippen molar-refractivity contribution in [2.45, 2.75) is 6.54 Å². The number of pyridine rings is 1. The highest BCUT2D eigenvalue weighted by Gasteiger charge is 2.13. The fourth-order valence-electron chi connectivity index (χ4n) is 1.69. The minimum absolute atomic E-state index is 0.0544. The van der Waals surface area contributed by atoms with Gasteiger partial charge in [0, 0.05) is 36.0 Å². The van der Waals surface area contributed by atoms with Crippen LogP contribution in [-0.4, -0.2) is 22.8 Å². The van der Waals surface area contributed by atoms with Crippen LogP contribution in [-0.2, 0) is 6.54 Å². The van der Waals surface area contributed by atoms with Crippen LogP contribution in [0.4, 0.5) is 0 Å². The van der Waals surface area contributed by atoms with Gasteiger partial charge in [-0.2, -0.15) is 0 Å². The Kier molecular flexibility index (Phi) is 4.56. The van der Waals surface area contributed by atoms with Crippen molar-refractivity contribution in [1.29, 1.82) is 0 Å². The first-order valence-electron chi connectivity index (χ1n) is 5.67. The first-order chi connectivity index (χ1) is 9.08. The monoisotopic (exact) mass is 338 g/mol. The van der Waals surface area contributed by atoms with Gasteiger partial charge in [0.15, 0.2) is 0 Å². The maximum absolute atomic E-state index is 12.3. The Bertz CT molecular complexity index is 589. The summed E-state index contributed by atoms with van der Waals surface area (Å²) in [6, 6.07) is 8.94. The molecular weight excluding hydrogens is 328 g/mol. The highest BCUT2D eigenvalue weighted by atomic mass is 79.9. The molecule has 0 atom stereocenters. The lowest BCUT2D eigenvalue weighted by atomic mass is 10.2. The van der Waals surface area contributed by atoms with Crippen molar-refractivity contribution < 1.29 is 4.79 Å². The summed E-state index contributed by atoms with van der Waals surface area (Å²) in [4.78, 5) is 17.9. The molecule has 1 amide bonds. The summed E-state index contributed by atoms with van der Waals surface area (Å²) in [6.07, 6.45) is 3.46. The molecule has 0 aliphatic carbocycles. The standard InChI is InChI=1S/C14H12BrClN2O/c1-18(9-10-3-2-6-17-8-10)14(19)11-4-5-13(16)12(15)7-11/h2-8H,9H2,1H3. The van der Waals surface area contributed by atoms with Crippen LogP contribution in [0.2, 0.25) is 5.02 Å². The van der Waals surface area contributed by atoms with Crippen molar-refractivity contribution in [3.05, 3.63) is 63.3 Å². The number of hydrogen-bond acceptors (Lipinski definition) is 2. The minimum Gasteiger partial charge on any atom is -0.337 e. The Labute approximate surface area is 125 Å². The van der Waals surface area contributed by atoms with Gasteiger partial charge >= 0.3 is 0 Å². The van der Waals surface area contributed by atoms with Gasteiger partial charge in [-0.15, -0.1) is 0 Å². The summed E-state index contributed by atoms with van der Waals surface area (Å²) in [6.45, 7) is 0.521. The van der Waals surface area contributed by atoms with E-state index in [0.717, 1.165) is 10.0 Å². The van der Waals surface area contributed by atoms with Crippen molar-refractivity contribution in [3.63, 3.8) is 0 Å². The molecule has 0 saturated carbocycles. The van der Waals surface area contributed by atoms with Crippen molar-refractivity contribution in [2.75, 3.05) is 7.05 Å². The van der Waals surface area contributed by atoms with Gasteiger partial charge < -0.3 is 4.90 Å². The summed E-state index contributed by atoms with van der Waals surface area (Å²) in [5, 5.41) is 0.589. The van der Waals surface area contributed by atoms with E-state index in [-0.39, 0.29) is 5.91 Å². The number of carbonyl (C=O) groups excluding carboxylic acids is 1. The second kappa shape index (κ2) is 6.17. The second-order valence-corrected chi connectivity index (χ2v) is 5.41. The zero-order valence-electron chi connectivity index (χ0n) is 10.3. The molecule has 0 aliphatic heterocycles.